The van der Waals surface area contributed by atoms with E-state index in [-0.39, 0.29) is 11.9 Å². The van der Waals surface area contributed by atoms with Gasteiger partial charge in [0.15, 0.2) is 15.6 Å². The van der Waals surface area contributed by atoms with Crippen molar-refractivity contribution < 1.29 is 27.2 Å². The van der Waals surface area contributed by atoms with Crippen molar-refractivity contribution in [2.75, 3.05) is 30.4 Å². The molecular formula is C32H34Cl2N2O6S. The zero-order valence-electron chi connectivity index (χ0n) is 23.7. The molecule has 8 nitrogen and oxygen atoms in total. The van der Waals surface area contributed by atoms with Gasteiger partial charge in [-0.05, 0) is 74.9 Å². The first-order chi connectivity index (χ1) is 20.8. The molecule has 0 N–H and O–H groups in total. The fourth-order valence-corrected chi connectivity index (χ4v) is 9.18. The summed E-state index contributed by atoms with van der Waals surface area (Å²) < 4.78 is 43.1. The van der Waals surface area contributed by atoms with Gasteiger partial charge >= 0.3 is 0 Å². The number of carbonyl (C=O) groups excluding carboxylic acids is 1. The number of hydrogen-bond donors (Lipinski definition) is 0. The van der Waals surface area contributed by atoms with Crippen LogP contribution in [0.1, 0.15) is 66.1 Å². The van der Waals surface area contributed by atoms with Crippen LogP contribution in [-0.2, 0) is 25.9 Å². The van der Waals surface area contributed by atoms with Gasteiger partial charge in [-0.15, -0.1) is 0 Å². The highest BCUT2D eigenvalue weighted by Crippen LogP contribution is 2.47. The van der Waals surface area contributed by atoms with Crippen LogP contribution in [0.2, 0.25) is 10.0 Å². The molecule has 43 heavy (non-hydrogen) atoms. The second-order valence-electron chi connectivity index (χ2n) is 12.2. The van der Waals surface area contributed by atoms with Crippen molar-refractivity contribution in [1.82, 2.24) is 5.16 Å². The van der Waals surface area contributed by atoms with Crippen LogP contribution in [0, 0.1) is 5.92 Å². The van der Waals surface area contributed by atoms with Crippen LogP contribution >= 0.6 is 23.2 Å². The Balaban J connectivity index is 0.986. The number of sulfone groups is 1. The molecule has 2 bridgehead atoms. The zero-order valence-corrected chi connectivity index (χ0v) is 26.0. The maximum Gasteiger partial charge on any atom is 0.177 e. The quantitative estimate of drug-likeness (QED) is 0.231. The highest BCUT2D eigenvalue weighted by atomic mass is 35.5. The minimum absolute atomic E-state index is 0.119. The summed E-state index contributed by atoms with van der Waals surface area (Å²) in [5.41, 5.74) is 3.76. The molecule has 2 saturated carbocycles. The Morgan fingerprint density at radius 1 is 1.00 bits per heavy atom. The highest BCUT2D eigenvalue weighted by molar-refractivity contribution is 7.92. The number of halogens is 2. The van der Waals surface area contributed by atoms with Crippen LogP contribution in [0.3, 0.4) is 0 Å². The minimum atomic E-state index is -3.50. The first kappa shape index (κ1) is 29.3. The lowest BCUT2D eigenvalue weighted by atomic mass is 10.0. The predicted octanol–water partition coefficient (Wildman–Crippen LogP) is 6.49. The number of aromatic nitrogens is 1. The van der Waals surface area contributed by atoms with Gasteiger partial charge < -0.3 is 18.9 Å². The van der Waals surface area contributed by atoms with Crippen molar-refractivity contribution in [3.05, 3.63) is 69.4 Å². The third kappa shape index (κ3) is 5.87. The van der Waals surface area contributed by atoms with Gasteiger partial charge in [-0.25, -0.2) is 8.42 Å². The Morgan fingerprint density at radius 2 is 1.72 bits per heavy atom. The van der Waals surface area contributed by atoms with E-state index in [9.17, 15) is 13.2 Å². The first-order valence-corrected chi connectivity index (χ1v) is 17.5. The number of rotatable bonds is 10. The number of hydrogen-bond acceptors (Lipinski definition) is 8. The Labute approximate surface area is 261 Å². The number of carbonyl (C=O) groups is 1. The van der Waals surface area contributed by atoms with Gasteiger partial charge in [0.05, 0.1) is 28.0 Å². The van der Waals surface area contributed by atoms with Crippen molar-refractivity contribution in [1.29, 1.82) is 0 Å². The highest BCUT2D eigenvalue weighted by Gasteiger charge is 2.46. The van der Waals surface area contributed by atoms with Gasteiger partial charge in [0.25, 0.3) is 0 Å². The van der Waals surface area contributed by atoms with Crippen LogP contribution in [0.5, 0.6) is 0 Å². The van der Waals surface area contributed by atoms with E-state index in [1.165, 1.54) is 0 Å². The average molecular weight is 646 g/mol. The summed E-state index contributed by atoms with van der Waals surface area (Å²) in [5, 5.41) is 4.96. The molecule has 2 aliphatic carbocycles. The molecule has 3 heterocycles. The van der Waals surface area contributed by atoms with Gasteiger partial charge in [-0.3, -0.25) is 4.79 Å². The van der Waals surface area contributed by atoms with Crippen LogP contribution in [0.15, 0.2) is 47.0 Å². The van der Waals surface area contributed by atoms with E-state index in [2.05, 4.69) is 10.1 Å². The molecule has 1 aromatic heterocycles. The first-order valence-electron chi connectivity index (χ1n) is 15.0. The average Bonchev–Trinajstić information content (AvgIpc) is 3.45. The summed E-state index contributed by atoms with van der Waals surface area (Å²) in [6.07, 6.45) is 5.13. The fraction of sp³-hybridized carbons (Fsp3) is 0.500. The number of fused-ring (bicyclic) bond motifs is 2. The Bertz CT molecular complexity index is 1590. The van der Waals surface area contributed by atoms with Gasteiger partial charge in [-0.2, -0.15) is 0 Å². The molecule has 11 heteroatoms. The smallest absolute Gasteiger partial charge is 0.177 e. The van der Waals surface area contributed by atoms with Gasteiger partial charge in [0, 0.05) is 60.0 Å². The Morgan fingerprint density at radius 3 is 2.37 bits per heavy atom. The van der Waals surface area contributed by atoms with E-state index in [4.69, 9.17) is 37.2 Å². The summed E-state index contributed by atoms with van der Waals surface area (Å²) in [6, 6.07) is 13.1. The summed E-state index contributed by atoms with van der Waals surface area (Å²) in [6.45, 7) is 2.12. The molecule has 2 saturated heterocycles. The fourth-order valence-electron chi connectivity index (χ4n) is 6.92. The van der Waals surface area contributed by atoms with Gasteiger partial charge in [0.1, 0.15) is 17.2 Å². The van der Waals surface area contributed by atoms with E-state index in [1.807, 2.05) is 18.2 Å². The summed E-state index contributed by atoms with van der Waals surface area (Å²) in [4.78, 5) is 15.2. The lowest BCUT2D eigenvalue weighted by Crippen LogP contribution is -2.38. The molecule has 3 aromatic rings. The van der Waals surface area contributed by atoms with Crippen molar-refractivity contribution in [3.63, 3.8) is 0 Å². The number of ether oxygens (including phenoxy) is 2. The van der Waals surface area contributed by atoms with Gasteiger partial charge in [-0.1, -0.05) is 34.4 Å². The summed E-state index contributed by atoms with van der Waals surface area (Å²) >= 11 is 13.0. The van der Waals surface area contributed by atoms with Gasteiger partial charge in [0.2, 0.25) is 0 Å². The molecular weight excluding hydrogens is 611 g/mol. The van der Waals surface area contributed by atoms with Crippen LogP contribution < -0.4 is 4.90 Å². The van der Waals surface area contributed by atoms with Crippen molar-refractivity contribution in [3.8, 4) is 11.3 Å². The molecule has 7 rings (SSSR count). The molecule has 4 aliphatic rings. The largest absolute Gasteiger partial charge is 0.381 e. The molecule has 228 valence electrons. The molecule has 0 amide bonds. The lowest BCUT2D eigenvalue weighted by molar-refractivity contribution is 0.0122. The normalized spacial score (nSPS) is 24.1. The maximum atomic E-state index is 12.8. The third-order valence-corrected chi connectivity index (χ3v) is 12.2. The van der Waals surface area contributed by atoms with Crippen LogP contribution in [0.4, 0.5) is 5.69 Å². The second kappa shape index (κ2) is 11.8. The minimum Gasteiger partial charge on any atom is -0.381 e. The van der Waals surface area contributed by atoms with Crippen molar-refractivity contribution in [2.45, 2.75) is 68.4 Å². The van der Waals surface area contributed by atoms with E-state index in [0.29, 0.717) is 77.4 Å². The molecule has 2 aromatic carbocycles. The molecule has 0 radical (unpaired) electrons. The van der Waals surface area contributed by atoms with E-state index >= 15 is 0 Å². The number of anilines is 1. The number of piperidine rings is 1. The Kier molecular flexibility index (Phi) is 8.05. The van der Waals surface area contributed by atoms with E-state index < -0.39 is 20.8 Å². The van der Waals surface area contributed by atoms with E-state index in [0.717, 1.165) is 49.2 Å². The summed E-state index contributed by atoms with van der Waals surface area (Å²) in [7, 11) is -3.50. The zero-order chi connectivity index (χ0) is 29.7. The molecule has 2 aliphatic heterocycles. The standard InChI is InChI=1S/C32H34Cl2N2O6S/c33-26-2-1-3-27(34)30(26)31-25(32(42-35-31)20-4-5-20)17-41-29-15-23-14-21(29)16-36(23)22-8-6-19(7-9-22)28(37)18-43(38,39)24-10-12-40-13-11-24/h1-3,6-9,20-21,23-24,29H,4-5,10-18H2/t21-,23-,29+/m0/s1. The number of Topliss-reactive ketones (excluding diaryl/α,β-unsaturated/α-hetero) is 1. The SMILES string of the molecule is O=C(CS(=O)(=O)C1CCOCC1)c1ccc(N2C[C@@H]3C[C@H]2C[C@H]3OCc2c(-c3c(Cl)cccc3Cl)noc2C2CC2)cc1. The monoisotopic (exact) mass is 644 g/mol. The van der Waals surface area contributed by atoms with Crippen LogP contribution in [-0.4, -0.2) is 62.3 Å². The van der Waals surface area contributed by atoms with E-state index in [1.54, 1.807) is 24.3 Å². The summed E-state index contributed by atoms with van der Waals surface area (Å²) in [5.74, 6) is 0.821. The van der Waals surface area contributed by atoms with Crippen LogP contribution in [0.25, 0.3) is 11.3 Å². The molecule has 0 unspecified atom stereocenters. The molecule has 4 fully saturated rings. The maximum absolute atomic E-state index is 12.8. The number of benzene rings is 2. The Hall–Kier alpha value is -2.43. The number of nitrogens with zero attached hydrogens (tertiary/aromatic N) is 2. The van der Waals surface area contributed by atoms with Crippen molar-refractivity contribution >= 4 is 44.5 Å². The van der Waals surface area contributed by atoms with Crippen molar-refractivity contribution in [2.24, 2.45) is 5.92 Å². The predicted molar refractivity (Wildman–Crippen MR) is 165 cm³/mol. The second-order valence-corrected chi connectivity index (χ2v) is 15.3. The lowest BCUT2D eigenvalue weighted by Gasteiger charge is -2.33. The molecule has 0 spiro atoms. The third-order valence-electron chi connectivity index (χ3n) is 9.41. The number of ketones is 1. The molecule has 3 atom stereocenters. The topological polar surface area (TPSA) is 98.9 Å².